The Morgan fingerprint density at radius 2 is 1.71 bits per heavy atom. The zero-order valence-electron chi connectivity index (χ0n) is 7.84. The summed E-state index contributed by atoms with van der Waals surface area (Å²) in [6.07, 6.45) is 0. The lowest BCUT2D eigenvalue weighted by Gasteiger charge is -2.16. The number of aliphatic carboxylic acids is 1. The molecule has 0 unspecified atom stereocenters. The first-order valence-corrected chi connectivity index (χ1v) is 4.05. The molecule has 0 amide bonds. The number of hydrogen-bond acceptors (Lipinski definition) is 1. The second-order valence-electron chi connectivity index (χ2n) is 3.15. The summed E-state index contributed by atoms with van der Waals surface area (Å²) in [6, 6.07) is 4.56. The molecule has 0 aliphatic rings. The van der Waals surface area contributed by atoms with Crippen molar-refractivity contribution in [2.45, 2.75) is 19.8 Å². The number of benzene rings is 1. The van der Waals surface area contributed by atoms with Crippen LogP contribution >= 0.6 is 0 Å². The molecule has 0 bridgehead atoms. The summed E-state index contributed by atoms with van der Waals surface area (Å²) in [5.74, 6) is -5.93. The quantitative estimate of drug-likeness (QED) is 0.796. The first-order valence-electron chi connectivity index (χ1n) is 4.05. The fourth-order valence-electron chi connectivity index (χ4n) is 1.42. The smallest absolute Gasteiger partial charge is 0.379 e. The molecule has 14 heavy (non-hydrogen) atoms. The second kappa shape index (κ2) is 3.36. The minimum atomic E-state index is -3.81. The van der Waals surface area contributed by atoms with Gasteiger partial charge in [-0.05, 0) is 25.0 Å². The molecule has 76 valence electrons. The number of hydrogen-bond donors (Lipinski definition) is 1. The molecule has 0 saturated heterocycles. The van der Waals surface area contributed by atoms with Crippen molar-refractivity contribution >= 4 is 5.97 Å². The molecule has 1 rings (SSSR count). The van der Waals surface area contributed by atoms with Crippen LogP contribution in [0.4, 0.5) is 8.78 Å². The number of aryl methyl sites for hydroxylation is 2. The largest absolute Gasteiger partial charge is 0.477 e. The average Bonchev–Trinajstić information content (AvgIpc) is 2.02. The molecule has 0 aromatic heterocycles. The van der Waals surface area contributed by atoms with Crippen molar-refractivity contribution in [2.24, 2.45) is 0 Å². The van der Waals surface area contributed by atoms with Gasteiger partial charge >= 0.3 is 11.9 Å². The monoisotopic (exact) mass is 200 g/mol. The third kappa shape index (κ3) is 1.60. The summed E-state index contributed by atoms with van der Waals surface area (Å²) >= 11 is 0. The Kier molecular flexibility index (Phi) is 2.55. The molecule has 1 aromatic carbocycles. The Morgan fingerprint density at radius 3 is 2.07 bits per heavy atom. The molecule has 0 aliphatic carbocycles. The van der Waals surface area contributed by atoms with E-state index in [1.165, 1.54) is 26.0 Å². The molecule has 2 nitrogen and oxygen atoms in total. The SMILES string of the molecule is Cc1cccc(C)c1C(F)(F)C(=O)O. The van der Waals surface area contributed by atoms with E-state index >= 15 is 0 Å². The van der Waals surface area contributed by atoms with Crippen molar-refractivity contribution in [1.29, 1.82) is 0 Å². The Balaban J connectivity index is 3.38. The zero-order chi connectivity index (χ0) is 10.9. The van der Waals surface area contributed by atoms with E-state index in [2.05, 4.69) is 0 Å². The van der Waals surface area contributed by atoms with Gasteiger partial charge in [0.05, 0.1) is 0 Å². The van der Waals surface area contributed by atoms with E-state index in [0.717, 1.165) is 0 Å². The summed E-state index contributed by atoms with van der Waals surface area (Å²) in [7, 11) is 0. The van der Waals surface area contributed by atoms with Crippen molar-refractivity contribution in [3.8, 4) is 0 Å². The molecule has 1 N–H and O–H groups in total. The Hall–Kier alpha value is -1.45. The van der Waals surface area contributed by atoms with Crippen LogP contribution in [0, 0.1) is 13.8 Å². The number of alkyl halides is 2. The van der Waals surface area contributed by atoms with Gasteiger partial charge in [0.25, 0.3) is 0 Å². The fourth-order valence-corrected chi connectivity index (χ4v) is 1.42. The minimum absolute atomic E-state index is 0.289. The summed E-state index contributed by atoms with van der Waals surface area (Å²) in [5, 5.41) is 8.39. The van der Waals surface area contributed by atoms with E-state index in [-0.39, 0.29) is 11.1 Å². The summed E-state index contributed by atoms with van der Waals surface area (Å²) < 4.78 is 26.4. The van der Waals surface area contributed by atoms with E-state index in [0.29, 0.717) is 0 Å². The van der Waals surface area contributed by atoms with Gasteiger partial charge in [0, 0.05) is 5.56 Å². The van der Waals surface area contributed by atoms with Crippen molar-refractivity contribution in [1.82, 2.24) is 0 Å². The van der Waals surface area contributed by atoms with E-state index in [4.69, 9.17) is 5.11 Å². The van der Waals surface area contributed by atoms with E-state index in [1.807, 2.05) is 0 Å². The van der Waals surface area contributed by atoms with Gasteiger partial charge < -0.3 is 5.11 Å². The molecule has 0 aliphatic heterocycles. The third-order valence-electron chi connectivity index (χ3n) is 2.06. The molecule has 0 atom stereocenters. The van der Waals surface area contributed by atoms with Gasteiger partial charge in [-0.25, -0.2) is 4.79 Å². The lowest BCUT2D eigenvalue weighted by Crippen LogP contribution is -2.27. The summed E-state index contributed by atoms with van der Waals surface area (Å²) in [6.45, 7) is 2.94. The van der Waals surface area contributed by atoms with Crippen LogP contribution in [0.25, 0.3) is 0 Å². The van der Waals surface area contributed by atoms with Crippen LogP contribution in [0.1, 0.15) is 16.7 Å². The minimum Gasteiger partial charge on any atom is -0.477 e. The van der Waals surface area contributed by atoms with Crippen LogP contribution in [-0.2, 0) is 10.7 Å². The second-order valence-corrected chi connectivity index (χ2v) is 3.15. The predicted octanol–water partition coefficient (Wildman–Crippen LogP) is 2.48. The average molecular weight is 200 g/mol. The van der Waals surface area contributed by atoms with E-state index in [1.54, 1.807) is 6.07 Å². The van der Waals surface area contributed by atoms with Gasteiger partial charge in [-0.1, -0.05) is 18.2 Å². The van der Waals surface area contributed by atoms with Crippen molar-refractivity contribution in [2.75, 3.05) is 0 Å². The van der Waals surface area contributed by atoms with Gasteiger partial charge in [-0.3, -0.25) is 0 Å². The molecule has 0 heterocycles. The van der Waals surface area contributed by atoms with Crippen LogP contribution in [0.15, 0.2) is 18.2 Å². The van der Waals surface area contributed by atoms with Gasteiger partial charge in [0.1, 0.15) is 0 Å². The van der Waals surface area contributed by atoms with Crippen molar-refractivity contribution < 1.29 is 18.7 Å². The molecular weight excluding hydrogens is 190 g/mol. The molecule has 1 aromatic rings. The van der Waals surface area contributed by atoms with Gasteiger partial charge in [-0.15, -0.1) is 0 Å². The van der Waals surface area contributed by atoms with Gasteiger partial charge in [0.2, 0.25) is 0 Å². The lowest BCUT2D eigenvalue weighted by atomic mass is 9.97. The Bertz CT molecular complexity index is 352. The van der Waals surface area contributed by atoms with E-state index < -0.39 is 17.5 Å². The maximum Gasteiger partial charge on any atom is 0.379 e. The molecule has 0 radical (unpaired) electrons. The molecule has 0 fully saturated rings. The highest BCUT2D eigenvalue weighted by molar-refractivity contribution is 5.78. The molecule has 0 saturated carbocycles. The van der Waals surface area contributed by atoms with Crippen molar-refractivity contribution in [3.05, 3.63) is 34.9 Å². The van der Waals surface area contributed by atoms with E-state index in [9.17, 15) is 13.6 Å². The van der Waals surface area contributed by atoms with Crippen LogP contribution in [0.2, 0.25) is 0 Å². The molecule has 0 spiro atoms. The van der Waals surface area contributed by atoms with Crippen molar-refractivity contribution in [3.63, 3.8) is 0 Å². The number of halogens is 2. The number of rotatable bonds is 2. The standard InChI is InChI=1S/C10H10F2O2/c1-6-4-3-5-7(2)8(6)10(11,12)9(13)14/h3-5H,1-2H3,(H,13,14). The van der Waals surface area contributed by atoms with Crippen LogP contribution < -0.4 is 0 Å². The summed E-state index contributed by atoms with van der Waals surface area (Å²) in [4.78, 5) is 10.4. The third-order valence-corrected chi connectivity index (χ3v) is 2.06. The number of carboxylic acids is 1. The highest BCUT2D eigenvalue weighted by Crippen LogP contribution is 2.33. The summed E-state index contributed by atoms with van der Waals surface area (Å²) in [5.41, 5.74) is 0.169. The maximum absolute atomic E-state index is 13.2. The Morgan fingerprint density at radius 1 is 1.29 bits per heavy atom. The van der Waals surface area contributed by atoms with Crippen LogP contribution in [-0.4, -0.2) is 11.1 Å². The highest BCUT2D eigenvalue weighted by Gasteiger charge is 2.43. The number of carbonyl (C=O) groups is 1. The first kappa shape index (κ1) is 10.6. The fraction of sp³-hybridized carbons (Fsp3) is 0.300. The molecular formula is C10H10F2O2. The highest BCUT2D eigenvalue weighted by atomic mass is 19.3. The number of carboxylic acid groups (broad SMARTS) is 1. The lowest BCUT2D eigenvalue weighted by molar-refractivity contribution is -0.166. The van der Waals surface area contributed by atoms with Gasteiger partial charge in [0.15, 0.2) is 0 Å². The Labute approximate surface area is 80.2 Å². The van der Waals surface area contributed by atoms with Gasteiger partial charge in [-0.2, -0.15) is 8.78 Å². The predicted molar refractivity (Wildman–Crippen MR) is 47.4 cm³/mol. The zero-order valence-corrected chi connectivity index (χ0v) is 7.84. The first-order chi connectivity index (χ1) is 6.37. The topological polar surface area (TPSA) is 37.3 Å². The normalized spacial score (nSPS) is 11.4. The maximum atomic E-state index is 13.2. The molecule has 4 heteroatoms. The van der Waals surface area contributed by atoms with Crippen LogP contribution in [0.5, 0.6) is 0 Å². The van der Waals surface area contributed by atoms with Crippen LogP contribution in [0.3, 0.4) is 0 Å².